The molecular formula is C12H15Cl3F4N2. The van der Waals surface area contributed by atoms with Crippen LogP contribution in [0.3, 0.4) is 0 Å². The van der Waals surface area contributed by atoms with Gasteiger partial charge in [0.2, 0.25) is 0 Å². The van der Waals surface area contributed by atoms with Crippen LogP contribution >= 0.6 is 36.4 Å². The summed E-state index contributed by atoms with van der Waals surface area (Å²) in [6.07, 6.45) is -2.87. The van der Waals surface area contributed by atoms with Gasteiger partial charge in [0.1, 0.15) is 17.7 Å². The average Bonchev–Trinajstić information content (AvgIpc) is 2.34. The largest absolute Gasteiger partial charge is 0.314 e. The summed E-state index contributed by atoms with van der Waals surface area (Å²) in [4.78, 5) is 1.39. The number of piperazine rings is 1. The first-order chi connectivity index (χ1) is 9.00. The monoisotopic (exact) mass is 368 g/mol. The molecule has 1 N–H and O–H groups in total. The Balaban J connectivity index is 0.00000200. The van der Waals surface area contributed by atoms with Gasteiger partial charge in [-0.3, -0.25) is 4.90 Å². The summed E-state index contributed by atoms with van der Waals surface area (Å²) >= 11 is 5.50. The Morgan fingerprint density at radius 1 is 1.05 bits per heavy atom. The van der Waals surface area contributed by atoms with Crippen molar-refractivity contribution in [1.29, 1.82) is 0 Å². The van der Waals surface area contributed by atoms with E-state index in [1.807, 2.05) is 0 Å². The molecule has 1 atom stereocenters. The molecule has 2 rings (SSSR count). The molecule has 0 unspecified atom stereocenters. The van der Waals surface area contributed by atoms with E-state index in [1.165, 1.54) is 4.90 Å². The second kappa shape index (κ2) is 9.00. The van der Waals surface area contributed by atoms with Crippen molar-refractivity contribution in [2.75, 3.05) is 26.2 Å². The Labute approximate surface area is 137 Å². The molecule has 0 radical (unpaired) electrons. The number of alkyl halides is 2. The number of benzene rings is 1. The van der Waals surface area contributed by atoms with Crippen molar-refractivity contribution in [3.8, 4) is 0 Å². The highest BCUT2D eigenvalue weighted by atomic mass is 35.5. The van der Waals surface area contributed by atoms with Gasteiger partial charge >= 0.3 is 0 Å². The summed E-state index contributed by atoms with van der Waals surface area (Å²) in [5, 5.41) is 2.86. The SMILES string of the molecule is Cl.Cl.Fc1cc(Cl)cc(F)c1[C@H](C(F)F)N1CCNCC1. The van der Waals surface area contributed by atoms with Crippen molar-refractivity contribution in [2.45, 2.75) is 12.5 Å². The smallest absolute Gasteiger partial charge is 0.258 e. The number of nitrogens with one attached hydrogen (secondary N) is 1. The van der Waals surface area contributed by atoms with Gasteiger partial charge in [-0.05, 0) is 12.1 Å². The molecule has 1 aliphatic heterocycles. The fourth-order valence-corrected chi connectivity index (χ4v) is 2.46. The zero-order chi connectivity index (χ0) is 14.0. The van der Waals surface area contributed by atoms with Gasteiger partial charge in [-0.15, -0.1) is 24.8 Å². The lowest BCUT2D eigenvalue weighted by molar-refractivity contribution is 0.0145. The molecule has 0 spiro atoms. The third kappa shape index (κ3) is 4.86. The summed E-state index contributed by atoms with van der Waals surface area (Å²) in [5.74, 6) is -2.07. The van der Waals surface area contributed by atoms with E-state index in [-0.39, 0.29) is 29.8 Å². The summed E-state index contributed by atoms with van der Waals surface area (Å²) < 4.78 is 54.0. The lowest BCUT2D eigenvalue weighted by atomic mass is 10.0. The molecule has 21 heavy (non-hydrogen) atoms. The van der Waals surface area contributed by atoms with Crippen LogP contribution in [0, 0.1) is 11.6 Å². The van der Waals surface area contributed by atoms with Gasteiger partial charge < -0.3 is 5.32 Å². The van der Waals surface area contributed by atoms with Gasteiger partial charge in [-0.1, -0.05) is 11.6 Å². The standard InChI is InChI=1S/C12H13ClF4N2.2ClH/c13-7-5-8(14)10(9(15)6-7)11(12(16)17)19-3-1-18-2-4-19;;/h5-6,11-12,18H,1-4H2;2*1H/t11-;;/m1../s1. The third-order valence-electron chi connectivity index (χ3n) is 3.12. The third-order valence-corrected chi connectivity index (χ3v) is 3.34. The molecule has 0 amide bonds. The van der Waals surface area contributed by atoms with Crippen LogP contribution in [0.25, 0.3) is 0 Å². The maximum Gasteiger partial charge on any atom is 0.258 e. The zero-order valence-corrected chi connectivity index (χ0v) is 13.2. The van der Waals surface area contributed by atoms with Crippen molar-refractivity contribution >= 4 is 36.4 Å². The minimum atomic E-state index is -2.87. The van der Waals surface area contributed by atoms with Crippen LogP contribution in [0.4, 0.5) is 17.6 Å². The van der Waals surface area contributed by atoms with Crippen LogP contribution in [0.5, 0.6) is 0 Å². The van der Waals surface area contributed by atoms with Crippen molar-refractivity contribution < 1.29 is 17.6 Å². The van der Waals surface area contributed by atoms with Gasteiger partial charge in [0.25, 0.3) is 6.43 Å². The van der Waals surface area contributed by atoms with E-state index in [9.17, 15) is 17.6 Å². The first-order valence-electron chi connectivity index (χ1n) is 5.88. The van der Waals surface area contributed by atoms with Crippen molar-refractivity contribution in [3.05, 3.63) is 34.4 Å². The molecule has 0 saturated carbocycles. The van der Waals surface area contributed by atoms with Crippen LogP contribution in [0.1, 0.15) is 11.6 Å². The normalized spacial score (nSPS) is 17.0. The van der Waals surface area contributed by atoms with Crippen molar-refractivity contribution in [1.82, 2.24) is 10.2 Å². The van der Waals surface area contributed by atoms with E-state index < -0.39 is 29.7 Å². The van der Waals surface area contributed by atoms with Gasteiger partial charge in [-0.25, -0.2) is 17.6 Å². The molecule has 1 aromatic rings. The molecular weight excluding hydrogens is 354 g/mol. The highest BCUT2D eigenvalue weighted by Crippen LogP contribution is 2.33. The maximum atomic E-state index is 13.8. The van der Waals surface area contributed by atoms with Gasteiger partial charge in [-0.2, -0.15) is 0 Å². The lowest BCUT2D eigenvalue weighted by Gasteiger charge is -2.34. The topological polar surface area (TPSA) is 15.3 Å². The number of halogens is 7. The first kappa shape index (κ1) is 20.7. The summed E-state index contributed by atoms with van der Waals surface area (Å²) in [5.41, 5.74) is -0.610. The Kier molecular flexibility index (Phi) is 8.89. The van der Waals surface area contributed by atoms with E-state index >= 15 is 0 Å². The lowest BCUT2D eigenvalue weighted by Crippen LogP contribution is -2.47. The van der Waals surface area contributed by atoms with Crippen LogP contribution < -0.4 is 5.32 Å². The van der Waals surface area contributed by atoms with E-state index in [0.717, 1.165) is 12.1 Å². The minimum Gasteiger partial charge on any atom is -0.314 e. The Bertz CT molecular complexity index is 433. The Morgan fingerprint density at radius 2 is 1.52 bits per heavy atom. The van der Waals surface area contributed by atoms with Crippen LogP contribution in [-0.4, -0.2) is 37.5 Å². The molecule has 0 bridgehead atoms. The zero-order valence-electron chi connectivity index (χ0n) is 10.8. The highest BCUT2D eigenvalue weighted by molar-refractivity contribution is 6.30. The van der Waals surface area contributed by atoms with E-state index in [1.54, 1.807) is 0 Å². The molecule has 1 heterocycles. The quantitative estimate of drug-likeness (QED) is 0.818. The Hall–Kier alpha value is -0.270. The van der Waals surface area contributed by atoms with Crippen LogP contribution in [-0.2, 0) is 0 Å². The second-order valence-corrected chi connectivity index (χ2v) is 4.78. The molecule has 0 aromatic heterocycles. The fraction of sp³-hybridized carbons (Fsp3) is 0.500. The number of hydrogen-bond acceptors (Lipinski definition) is 2. The van der Waals surface area contributed by atoms with Crippen LogP contribution in [0.15, 0.2) is 12.1 Å². The number of rotatable bonds is 3. The summed E-state index contributed by atoms with van der Waals surface area (Å²) in [7, 11) is 0. The summed E-state index contributed by atoms with van der Waals surface area (Å²) in [6, 6.07) is 0.133. The number of hydrogen-bond donors (Lipinski definition) is 1. The molecule has 1 fully saturated rings. The number of nitrogens with zero attached hydrogens (tertiary/aromatic N) is 1. The van der Waals surface area contributed by atoms with Crippen molar-refractivity contribution in [2.24, 2.45) is 0 Å². The molecule has 1 saturated heterocycles. The predicted octanol–water partition coefficient (Wildman–Crippen LogP) is 3.67. The van der Waals surface area contributed by atoms with E-state index in [0.29, 0.717) is 26.2 Å². The molecule has 9 heteroatoms. The maximum absolute atomic E-state index is 13.8. The van der Waals surface area contributed by atoms with Gasteiger partial charge in [0.15, 0.2) is 0 Å². The fourth-order valence-electron chi connectivity index (χ4n) is 2.26. The summed E-state index contributed by atoms with van der Waals surface area (Å²) in [6.45, 7) is 1.66. The second-order valence-electron chi connectivity index (χ2n) is 4.35. The molecule has 2 nitrogen and oxygen atoms in total. The van der Waals surface area contributed by atoms with Gasteiger partial charge in [0, 0.05) is 36.8 Å². The molecule has 1 aliphatic rings. The van der Waals surface area contributed by atoms with Crippen LogP contribution in [0.2, 0.25) is 5.02 Å². The van der Waals surface area contributed by atoms with Gasteiger partial charge in [0.05, 0.1) is 0 Å². The molecule has 0 aliphatic carbocycles. The van der Waals surface area contributed by atoms with E-state index in [4.69, 9.17) is 11.6 Å². The first-order valence-corrected chi connectivity index (χ1v) is 6.26. The molecule has 1 aromatic carbocycles. The predicted molar refractivity (Wildman–Crippen MR) is 79.1 cm³/mol. The molecule has 122 valence electrons. The van der Waals surface area contributed by atoms with Crippen molar-refractivity contribution in [3.63, 3.8) is 0 Å². The Morgan fingerprint density at radius 3 is 1.95 bits per heavy atom. The van der Waals surface area contributed by atoms with E-state index in [2.05, 4.69) is 5.32 Å². The highest BCUT2D eigenvalue weighted by Gasteiger charge is 2.34. The minimum absolute atomic E-state index is 0. The average molecular weight is 370 g/mol.